The van der Waals surface area contributed by atoms with Crippen LogP contribution in [0.2, 0.25) is 0 Å². The SMILES string of the molecule is N=C(CCc1cc2ccccc2o1)c1ccccc1O. The fourth-order valence-electron chi connectivity index (χ4n) is 2.27. The molecule has 0 saturated carbocycles. The van der Waals surface area contributed by atoms with E-state index in [-0.39, 0.29) is 5.75 Å². The van der Waals surface area contributed by atoms with Gasteiger partial charge in [-0.25, -0.2) is 0 Å². The van der Waals surface area contributed by atoms with Crippen LogP contribution in [0, 0.1) is 5.41 Å². The Morgan fingerprint density at radius 3 is 2.60 bits per heavy atom. The molecule has 20 heavy (non-hydrogen) atoms. The van der Waals surface area contributed by atoms with Crippen molar-refractivity contribution in [2.75, 3.05) is 0 Å². The highest BCUT2D eigenvalue weighted by Crippen LogP contribution is 2.22. The van der Waals surface area contributed by atoms with Crippen molar-refractivity contribution in [2.45, 2.75) is 12.8 Å². The molecule has 3 heteroatoms. The number of hydrogen-bond acceptors (Lipinski definition) is 3. The van der Waals surface area contributed by atoms with Gasteiger partial charge in [0, 0.05) is 23.1 Å². The van der Waals surface area contributed by atoms with E-state index in [9.17, 15) is 5.11 Å². The highest BCUT2D eigenvalue weighted by molar-refractivity contribution is 6.00. The molecule has 0 atom stereocenters. The van der Waals surface area contributed by atoms with Crippen LogP contribution >= 0.6 is 0 Å². The summed E-state index contributed by atoms with van der Waals surface area (Å²) in [6.45, 7) is 0. The summed E-state index contributed by atoms with van der Waals surface area (Å²) in [6, 6.07) is 16.8. The number of para-hydroxylation sites is 2. The molecule has 0 radical (unpaired) electrons. The first-order valence-corrected chi connectivity index (χ1v) is 6.57. The van der Waals surface area contributed by atoms with Gasteiger partial charge in [0.25, 0.3) is 0 Å². The van der Waals surface area contributed by atoms with Gasteiger partial charge in [0.2, 0.25) is 0 Å². The fourth-order valence-corrected chi connectivity index (χ4v) is 2.27. The predicted octanol–water partition coefficient (Wildman–Crippen LogP) is 4.14. The highest BCUT2D eigenvalue weighted by atomic mass is 16.3. The van der Waals surface area contributed by atoms with E-state index >= 15 is 0 Å². The number of phenolic OH excluding ortho intramolecular Hbond substituents is 1. The van der Waals surface area contributed by atoms with Crippen LogP contribution in [-0.2, 0) is 6.42 Å². The van der Waals surface area contributed by atoms with Gasteiger partial charge in [-0.1, -0.05) is 30.3 Å². The first-order chi connectivity index (χ1) is 9.74. The van der Waals surface area contributed by atoms with Crippen LogP contribution in [0.15, 0.2) is 59.0 Å². The van der Waals surface area contributed by atoms with Gasteiger partial charge in [0.1, 0.15) is 17.1 Å². The average molecular weight is 265 g/mol. The van der Waals surface area contributed by atoms with Crippen LogP contribution in [0.3, 0.4) is 0 Å². The second-order valence-electron chi connectivity index (χ2n) is 4.75. The third kappa shape index (κ3) is 2.43. The maximum Gasteiger partial charge on any atom is 0.134 e. The molecule has 0 aliphatic carbocycles. The van der Waals surface area contributed by atoms with E-state index in [4.69, 9.17) is 9.83 Å². The van der Waals surface area contributed by atoms with E-state index in [1.807, 2.05) is 36.4 Å². The maximum absolute atomic E-state index is 9.73. The van der Waals surface area contributed by atoms with Crippen molar-refractivity contribution in [3.8, 4) is 5.75 Å². The third-order valence-corrected chi connectivity index (χ3v) is 3.33. The van der Waals surface area contributed by atoms with E-state index in [1.165, 1.54) is 0 Å². The first-order valence-electron chi connectivity index (χ1n) is 6.57. The fraction of sp³-hybridized carbons (Fsp3) is 0.118. The minimum absolute atomic E-state index is 0.155. The van der Waals surface area contributed by atoms with Crippen LogP contribution < -0.4 is 0 Å². The number of benzene rings is 2. The molecule has 0 spiro atoms. The van der Waals surface area contributed by atoms with E-state index in [0.717, 1.165) is 16.7 Å². The van der Waals surface area contributed by atoms with Gasteiger partial charge in [0.15, 0.2) is 0 Å². The normalized spacial score (nSPS) is 10.8. The lowest BCUT2D eigenvalue weighted by Crippen LogP contribution is -2.01. The summed E-state index contributed by atoms with van der Waals surface area (Å²) in [5, 5.41) is 18.9. The molecule has 0 aliphatic heterocycles. The van der Waals surface area contributed by atoms with Crippen molar-refractivity contribution in [1.29, 1.82) is 5.41 Å². The largest absolute Gasteiger partial charge is 0.507 e. The average Bonchev–Trinajstić information content (AvgIpc) is 2.88. The predicted molar refractivity (Wildman–Crippen MR) is 79.5 cm³/mol. The lowest BCUT2D eigenvalue weighted by molar-refractivity contribution is 0.473. The van der Waals surface area contributed by atoms with E-state index in [0.29, 0.717) is 24.1 Å². The molecule has 0 unspecified atom stereocenters. The third-order valence-electron chi connectivity index (χ3n) is 3.33. The zero-order valence-corrected chi connectivity index (χ0v) is 11.0. The van der Waals surface area contributed by atoms with Crippen molar-refractivity contribution in [2.24, 2.45) is 0 Å². The van der Waals surface area contributed by atoms with Crippen LogP contribution in [0.25, 0.3) is 11.0 Å². The van der Waals surface area contributed by atoms with Gasteiger partial charge in [0.05, 0.1) is 0 Å². The number of aryl methyl sites for hydroxylation is 1. The van der Waals surface area contributed by atoms with Gasteiger partial charge < -0.3 is 14.9 Å². The summed E-state index contributed by atoms with van der Waals surface area (Å²) in [6.07, 6.45) is 1.19. The van der Waals surface area contributed by atoms with Crippen LogP contribution in [0.5, 0.6) is 5.75 Å². The Balaban J connectivity index is 1.73. The summed E-state index contributed by atoms with van der Waals surface area (Å²) in [7, 11) is 0. The molecule has 0 bridgehead atoms. The summed E-state index contributed by atoms with van der Waals surface area (Å²) >= 11 is 0. The smallest absolute Gasteiger partial charge is 0.134 e. The van der Waals surface area contributed by atoms with Crippen LogP contribution in [-0.4, -0.2) is 10.8 Å². The van der Waals surface area contributed by atoms with Crippen LogP contribution in [0.1, 0.15) is 17.7 Å². The summed E-state index contributed by atoms with van der Waals surface area (Å²) in [4.78, 5) is 0. The van der Waals surface area contributed by atoms with E-state index in [2.05, 4.69) is 0 Å². The van der Waals surface area contributed by atoms with Crippen molar-refractivity contribution in [3.05, 3.63) is 65.9 Å². The Bertz CT molecular complexity index is 725. The molecule has 2 N–H and O–H groups in total. The monoisotopic (exact) mass is 265 g/mol. The molecule has 1 heterocycles. The number of phenols is 1. The second kappa shape index (κ2) is 5.21. The Morgan fingerprint density at radius 2 is 1.80 bits per heavy atom. The van der Waals surface area contributed by atoms with Crippen molar-refractivity contribution in [3.63, 3.8) is 0 Å². The van der Waals surface area contributed by atoms with Gasteiger partial charge in [-0.3, -0.25) is 0 Å². The van der Waals surface area contributed by atoms with Crippen molar-refractivity contribution >= 4 is 16.7 Å². The number of aromatic hydroxyl groups is 1. The van der Waals surface area contributed by atoms with Crippen LogP contribution in [0.4, 0.5) is 0 Å². The number of nitrogens with one attached hydrogen (secondary N) is 1. The molecule has 0 fully saturated rings. The van der Waals surface area contributed by atoms with Gasteiger partial charge in [-0.2, -0.15) is 0 Å². The van der Waals surface area contributed by atoms with Crippen molar-refractivity contribution in [1.82, 2.24) is 0 Å². The minimum Gasteiger partial charge on any atom is -0.507 e. The molecule has 3 aromatic rings. The number of fused-ring (bicyclic) bond motifs is 1. The van der Waals surface area contributed by atoms with Crippen molar-refractivity contribution < 1.29 is 9.52 Å². The maximum atomic E-state index is 9.73. The molecular weight excluding hydrogens is 250 g/mol. The minimum atomic E-state index is 0.155. The molecule has 1 aromatic heterocycles. The molecule has 100 valence electrons. The Morgan fingerprint density at radius 1 is 1.05 bits per heavy atom. The van der Waals surface area contributed by atoms with Gasteiger partial charge >= 0.3 is 0 Å². The Hall–Kier alpha value is -2.55. The topological polar surface area (TPSA) is 57.2 Å². The quantitative estimate of drug-likeness (QED) is 0.696. The zero-order valence-electron chi connectivity index (χ0n) is 11.0. The molecule has 0 aliphatic rings. The Labute approximate surface area is 117 Å². The number of furan rings is 1. The first kappa shape index (κ1) is 12.5. The standard InChI is InChI=1S/C17H15NO2/c18-15(14-6-2-3-7-16(14)19)10-9-13-11-12-5-1-4-8-17(12)20-13/h1-8,11,18-19H,9-10H2. The number of rotatable bonds is 4. The zero-order chi connectivity index (χ0) is 13.9. The Kier molecular flexibility index (Phi) is 3.25. The molecule has 0 amide bonds. The molecule has 3 rings (SSSR count). The van der Waals surface area contributed by atoms with E-state index in [1.54, 1.807) is 18.2 Å². The summed E-state index contributed by atoms with van der Waals surface area (Å²) < 4.78 is 5.73. The molecule has 3 nitrogen and oxygen atoms in total. The summed E-state index contributed by atoms with van der Waals surface area (Å²) in [5.74, 6) is 1.02. The van der Waals surface area contributed by atoms with E-state index < -0.39 is 0 Å². The second-order valence-corrected chi connectivity index (χ2v) is 4.75. The highest BCUT2D eigenvalue weighted by Gasteiger charge is 2.09. The number of hydrogen-bond donors (Lipinski definition) is 2. The molecular formula is C17H15NO2. The lowest BCUT2D eigenvalue weighted by atomic mass is 10.0. The van der Waals surface area contributed by atoms with Gasteiger partial charge in [-0.15, -0.1) is 0 Å². The molecule has 0 saturated heterocycles. The molecule has 2 aromatic carbocycles. The lowest BCUT2D eigenvalue weighted by Gasteiger charge is -2.05. The van der Waals surface area contributed by atoms with Gasteiger partial charge in [-0.05, 0) is 30.7 Å². The summed E-state index contributed by atoms with van der Waals surface area (Å²) in [5.41, 5.74) is 1.88.